The molecule has 1 fully saturated rings. The van der Waals surface area contributed by atoms with E-state index >= 15 is 0 Å². The predicted octanol–water partition coefficient (Wildman–Crippen LogP) is 4.29. The standard InChI is InChI=1S/C20H24N4O2/c1-13(2)24-19-16(12-21-24)15(11-17(22-19)18-8-6-10-26-18)20(25)23-9-5-4-7-14(23)3/h6,8,10-14H,4-5,7,9H2,1-3H3. The Bertz CT molecular complexity index is 927. The maximum Gasteiger partial charge on any atom is 0.254 e. The molecule has 4 rings (SSSR count). The third-order valence-electron chi connectivity index (χ3n) is 5.12. The zero-order valence-electron chi connectivity index (χ0n) is 15.5. The lowest BCUT2D eigenvalue weighted by Crippen LogP contribution is -2.42. The fraction of sp³-hybridized carbons (Fsp3) is 0.450. The molecule has 3 aromatic rings. The van der Waals surface area contributed by atoms with Gasteiger partial charge in [-0.15, -0.1) is 0 Å². The van der Waals surface area contributed by atoms with E-state index < -0.39 is 0 Å². The van der Waals surface area contributed by atoms with Crippen molar-refractivity contribution in [3.63, 3.8) is 0 Å². The first-order valence-electron chi connectivity index (χ1n) is 9.29. The summed E-state index contributed by atoms with van der Waals surface area (Å²) in [6.45, 7) is 7.04. The summed E-state index contributed by atoms with van der Waals surface area (Å²) in [7, 11) is 0. The van der Waals surface area contributed by atoms with Gasteiger partial charge in [0.25, 0.3) is 5.91 Å². The molecular weight excluding hydrogens is 328 g/mol. The summed E-state index contributed by atoms with van der Waals surface area (Å²) in [4.78, 5) is 20.1. The molecule has 0 N–H and O–H groups in total. The highest BCUT2D eigenvalue weighted by Crippen LogP contribution is 2.29. The van der Waals surface area contributed by atoms with Crippen molar-refractivity contribution in [2.45, 2.75) is 52.1 Å². The van der Waals surface area contributed by atoms with Gasteiger partial charge in [0, 0.05) is 18.6 Å². The van der Waals surface area contributed by atoms with Gasteiger partial charge < -0.3 is 9.32 Å². The molecule has 1 aliphatic rings. The van der Waals surface area contributed by atoms with Crippen LogP contribution in [0.5, 0.6) is 0 Å². The van der Waals surface area contributed by atoms with Crippen molar-refractivity contribution in [1.82, 2.24) is 19.7 Å². The number of piperidine rings is 1. The third kappa shape index (κ3) is 2.79. The summed E-state index contributed by atoms with van der Waals surface area (Å²) in [6, 6.07) is 5.95. The number of likely N-dealkylation sites (tertiary alicyclic amines) is 1. The molecule has 0 saturated carbocycles. The van der Waals surface area contributed by atoms with Gasteiger partial charge in [-0.2, -0.15) is 5.10 Å². The van der Waals surface area contributed by atoms with Gasteiger partial charge in [-0.25, -0.2) is 9.67 Å². The van der Waals surface area contributed by atoms with Crippen LogP contribution in [0.25, 0.3) is 22.5 Å². The topological polar surface area (TPSA) is 64.2 Å². The van der Waals surface area contributed by atoms with E-state index in [1.54, 1.807) is 12.5 Å². The van der Waals surface area contributed by atoms with Gasteiger partial charge in [0.1, 0.15) is 5.69 Å². The fourth-order valence-electron chi connectivity index (χ4n) is 3.68. The SMILES string of the molecule is CC1CCCCN1C(=O)c1cc(-c2ccco2)nc2c1cnn2C(C)C. The second-order valence-corrected chi connectivity index (χ2v) is 7.30. The Morgan fingerprint density at radius 3 is 2.88 bits per heavy atom. The smallest absolute Gasteiger partial charge is 0.254 e. The molecule has 26 heavy (non-hydrogen) atoms. The Balaban J connectivity index is 1.88. The molecule has 0 bridgehead atoms. The Morgan fingerprint density at radius 2 is 2.19 bits per heavy atom. The Hall–Kier alpha value is -2.63. The van der Waals surface area contributed by atoms with Crippen LogP contribution in [0.4, 0.5) is 0 Å². The lowest BCUT2D eigenvalue weighted by molar-refractivity contribution is 0.0637. The number of rotatable bonds is 3. The number of aromatic nitrogens is 3. The molecular formula is C20H24N4O2. The maximum absolute atomic E-state index is 13.4. The summed E-state index contributed by atoms with van der Waals surface area (Å²) in [6.07, 6.45) is 6.67. The predicted molar refractivity (Wildman–Crippen MR) is 100.0 cm³/mol. The van der Waals surface area contributed by atoms with Crippen molar-refractivity contribution < 1.29 is 9.21 Å². The van der Waals surface area contributed by atoms with Crippen LogP contribution < -0.4 is 0 Å². The molecule has 6 nitrogen and oxygen atoms in total. The largest absolute Gasteiger partial charge is 0.463 e. The molecule has 1 amide bonds. The molecule has 0 radical (unpaired) electrons. The summed E-state index contributed by atoms with van der Waals surface area (Å²) in [5.41, 5.74) is 2.04. The number of hydrogen-bond acceptors (Lipinski definition) is 4. The van der Waals surface area contributed by atoms with Crippen LogP contribution in [0.3, 0.4) is 0 Å². The average Bonchev–Trinajstić information content (AvgIpc) is 3.30. The molecule has 136 valence electrons. The van der Waals surface area contributed by atoms with E-state index in [2.05, 4.69) is 25.9 Å². The highest BCUT2D eigenvalue weighted by atomic mass is 16.3. The quantitative estimate of drug-likeness (QED) is 0.705. The van der Waals surface area contributed by atoms with Crippen LogP contribution in [0.15, 0.2) is 35.1 Å². The monoisotopic (exact) mass is 352 g/mol. The molecule has 0 aliphatic carbocycles. The van der Waals surface area contributed by atoms with Crippen LogP contribution in [0.2, 0.25) is 0 Å². The van der Waals surface area contributed by atoms with Crippen LogP contribution >= 0.6 is 0 Å². The summed E-state index contributed by atoms with van der Waals surface area (Å²) < 4.78 is 7.39. The first-order valence-corrected chi connectivity index (χ1v) is 9.29. The van der Waals surface area contributed by atoms with Gasteiger partial charge in [-0.3, -0.25) is 4.79 Å². The second-order valence-electron chi connectivity index (χ2n) is 7.30. The first kappa shape index (κ1) is 16.8. The molecule has 1 aliphatic heterocycles. The van der Waals surface area contributed by atoms with Crippen molar-refractivity contribution in [2.75, 3.05) is 6.54 Å². The number of amides is 1. The minimum atomic E-state index is 0.0562. The average molecular weight is 352 g/mol. The van der Waals surface area contributed by atoms with E-state index in [0.717, 1.165) is 30.4 Å². The number of carbonyl (C=O) groups is 1. The van der Waals surface area contributed by atoms with Gasteiger partial charge in [0.2, 0.25) is 0 Å². The van der Waals surface area contributed by atoms with Crippen LogP contribution in [-0.2, 0) is 0 Å². The first-order chi connectivity index (χ1) is 12.6. The summed E-state index contributed by atoms with van der Waals surface area (Å²) in [5, 5.41) is 5.28. The van der Waals surface area contributed by atoms with E-state index in [1.807, 2.05) is 27.8 Å². The fourth-order valence-corrected chi connectivity index (χ4v) is 3.68. The molecule has 0 spiro atoms. The summed E-state index contributed by atoms with van der Waals surface area (Å²) in [5.74, 6) is 0.713. The van der Waals surface area contributed by atoms with Crippen molar-refractivity contribution in [2.24, 2.45) is 0 Å². The molecule has 1 atom stereocenters. The number of hydrogen-bond donors (Lipinski definition) is 0. The van der Waals surface area contributed by atoms with E-state index in [4.69, 9.17) is 9.40 Å². The van der Waals surface area contributed by atoms with Gasteiger partial charge in [0.15, 0.2) is 11.4 Å². The van der Waals surface area contributed by atoms with Crippen LogP contribution in [0, 0.1) is 0 Å². The number of nitrogens with zero attached hydrogens (tertiary/aromatic N) is 4. The van der Waals surface area contributed by atoms with Gasteiger partial charge in [0.05, 0.1) is 23.4 Å². The molecule has 0 aromatic carbocycles. The van der Waals surface area contributed by atoms with E-state index in [0.29, 0.717) is 17.0 Å². The zero-order valence-corrected chi connectivity index (χ0v) is 15.5. The van der Waals surface area contributed by atoms with Gasteiger partial charge in [-0.1, -0.05) is 0 Å². The van der Waals surface area contributed by atoms with E-state index in [1.165, 1.54) is 6.42 Å². The van der Waals surface area contributed by atoms with Crippen LogP contribution in [-0.4, -0.2) is 38.2 Å². The molecule has 4 heterocycles. The minimum absolute atomic E-state index is 0.0562. The van der Waals surface area contributed by atoms with Gasteiger partial charge >= 0.3 is 0 Å². The minimum Gasteiger partial charge on any atom is -0.463 e. The number of furan rings is 1. The molecule has 1 unspecified atom stereocenters. The second kappa shape index (κ2) is 6.59. The Morgan fingerprint density at radius 1 is 1.35 bits per heavy atom. The van der Waals surface area contributed by atoms with Crippen molar-refractivity contribution >= 4 is 16.9 Å². The Labute approximate surface area is 152 Å². The number of fused-ring (bicyclic) bond motifs is 1. The lowest BCUT2D eigenvalue weighted by Gasteiger charge is -2.33. The highest BCUT2D eigenvalue weighted by molar-refractivity contribution is 6.06. The Kier molecular flexibility index (Phi) is 4.26. The van der Waals surface area contributed by atoms with Crippen molar-refractivity contribution in [3.05, 3.63) is 36.2 Å². The number of carbonyl (C=O) groups excluding carboxylic acids is 1. The zero-order chi connectivity index (χ0) is 18.3. The van der Waals surface area contributed by atoms with Crippen molar-refractivity contribution in [3.8, 4) is 11.5 Å². The van der Waals surface area contributed by atoms with E-state index in [-0.39, 0.29) is 18.0 Å². The van der Waals surface area contributed by atoms with E-state index in [9.17, 15) is 4.79 Å². The lowest BCUT2D eigenvalue weighted by atomic mass is 10.0. The number of pyridine rings is 1. The molecule has 3 aromatic heterocycles. The maximum atomic E-state index is 13.4. The third-order valence-corrected chi connectivity index (χ3v) is 5.12. The van der Waals surface area contributed by atoms with Crippen LogP contribution in [0.1, 0.15) is 56.4 Å². The summed E-state index contributed by atoms with van der Waals surface area (Å²) >= 11 is 0. The normalized spacial score (nSPS) is 18.0. The van der Waals surface area contributed by atoms with Crippen molar-refractivity contribution in [1.29, 1.82) is 0 Å². The van der Waals surface area contributed by atoms with Gasteiger partial charge in [-0.05, 0) is 58.2 Å². The molecule has 1 saturated heterocycles. The molecule has 6 heteroatoms. The highest BCUT2D eigenvalue weighted by Gasteiger charge is 2.27.